The lowest BCUT2D eigenvalue weighted by atomic mass is 9.98. The number of carbonyl (C=O) groups is 1. The molecule has 0 spiro atoms. The Morgan fingerprint density at radius 1 is 1.05 bits per heavy atom. The molecule has 1 N–H and O–H groups in total. The Balaban J connectivity index is 2.53. The molecule has 1 aliphatic carbocycles. The van der Waals surface area contributed by atoms with Gasteiger partial charge in [-0.15, -0.1) is 11.6 Å². The fraction of sp³-hybridized carbons (Fsp3) is 0.154. The molecule has 0 aliphatic heterocycles. The Kier molecular flexibility index (Phi) is 4.85. The third-order valence-electron chi connectivity index (χ3n) is 2.96. The number of ketones is 1. The summed E-state index contributed by atoms with van der Waals surface area (Å²) in [5.41, 5.74) is -0.214. The predicted molar refractivity (Wildman–Crippen MR) is 87.6 cm³/mol. The van der Waals surface area contributed by atoms with E-state index in [9.17, 15) is 13.2 Å². The van der Waals surface area contributed by atoms with Crippen LogP contribution >= 0.6 is 46.4 Å². The highest BCUT2D eigenvalue weighted by Gasteiger charge is 2.44. The molecule has 1 aromatic carbocycles. The highest BCUT2D eigenvalue weighted by atomic mass is 35.5. The van der Waals surface area contributed by atoms with Crippen LogP contribution in [-0.4, -0.2) is 19.1 Å². The van der Waals surface area contributed by atoms with Crippen molar-refractivity contribution >= 4 is 62.2 Å². The molecule has 4 nitrogen and oxygen atoms in total. The van der Waals surface area contributed by atoms with Crippen LogP contribution < -0.4 is 4.72 Å². The first-order valence-electron chi connectivity index (χ1n) is 5.86. The first-order valence-corrected chi connectivity index (χ1v) is 8.86. The highest BCUT2D eigenvalue weighted by molar-refractivity contribution is 7.89. The van der Waals surface area contributed by atoms with Gasteiger partial charge in [-0.1, -0.05) is 53.0 Å². The number of benzene rings is 1. The van der Waals surface area contributed by atoms with Crippen LogP contribution in [0.25, 0.3) is 0 Å². The van der Waals surface area contributed by atoms with Crippen LogP contribution in [0.4, 0.5) is 0 Å². The standard InChI is InChI=1S/C13H9Cl4NO3S/c1-13(17)11(16)10(8(14)9(15)12(13)19)18-22(20,21)7-5-3-2-4-6-7/h2-6,18H,1H3/t13-/m0/s1. The molecule has 1 atom stereocenters. The zero-order chi connectivity index (χ0) is 16.7. The maximum Gasteiger partial charge on any atom is 0.261 e. The number of halogens is 4. The number of allylic oxidation sites excluding steroid dienone is 3. The maximum atomic E-state index is 12.3. The zero-order valence-corrected chi connectivity index (χ0v) is 14.9. The molecule has 0 amide bonds. The Morgan fingerprint density at radius 3 is 2.14 bits per heavy atom. The molecule has 0 aromatic heterocycles. The molecule has 118 valence electrons. The zero-order valence-electron chi connectivity index (χ0n) is 11.0. The number of sulfonamides is 1. The van der Waals surface area contributed by atoms with Crippen LogP contribution in [0.15, 0.2) is 56.0 Å². The monoisotopic (exact) mass is 399 g/mol. The van der Waals surface area contributed by atoms with Gasteiger partial charge in [0.2, 0.25) is 5.78 Å². The number of rotatable bonds is 3. The maximum absolute atomic E-state index is 12.3. The second kappa shape index (κ2) is 6.06. The van der Waals surface area contributed by atoms with E-state index >= 15 is 0 Å². The largest absolute Gasteiger partial charge is 0.291 e. The van der Waals surface area contributed by atoms with Crippen molar-refractivity contribution in [3.05, 3.63) is 51.1 Å². The molecule has 0 radical (unpaired) electrons. The molecule has 0 heterocycles. The van der Waals surface area contributed by atoms with E-state index in [1.807, 2.05) is 0 Å². The number of Topliss-reactive ketones (excluding diaryl/α,β-unsaturated/α-hetero) is 1. The molecule has 1 aromatic rings. The van der Waals surface area contributed by atoms with Crippen molar-refractivity contribution in [1.82, 2.24) is 4.72 Å². The Hall–Kier alpha value is -0.720. The van der Waals surface area contributed by atoms with Crippen LogP contribution in [0.1, 0.15) is 6.92 Å². The van der Waals surface area contributed by atoms with E-state index in [0.29, 0.717) is 0 Å². The summed E-state index contributed by atoms with van der Waals surface area (Å²) in [4.78, 5) is 10.3. The van der Waals surface area contributed by atoms with Crippen LogP contribution in [0.2, 0.25) is 0 Å². The molecule has 0 unspecified atom stereocenters. The summed E-state index contributed by atoms with van der Waals surface area (Å²) >= 11 is 23.9. The second-order valence-corrected chi connectivity index (χ2v) is 8.14. The Bertz CT molecular complexity index is 798. The van der Waals surface area contributed by atoms with Crippen LogP contribution in [0.5, 0.6) is 0 Å². The van der Waals surface area contributed by atoms with Gasteiger partial charge in [-0.2, -0.15) is 0 Å². The molecular formula is C13H9Cl4NO3S. The minimum absolute atomic E-state index is 0.000677. The van der Waals surface area contributed by atoms with E-state index in [2.05, 4.69) is 4.72 Å². The fourth-order valence-corrected chi connectivity index (χ4v) is 3.97. The number of hydrogen-bond acceptors (Lipinski definition) is 3. The highest BCUT2D eigenvalue weighted by Crippen LogP contribution is 2.43. The van der Waals surface area contributed by atoms with Crippen molar-refractivity contribution in [3.8, 4) is 0 Å². The number of alkyl halides is 1. The summed E-state index contributed by atoms with van der Waals surface area (Å²) < 4.78 is 26.9. The normalized spacial score (nSPS) is 23.0. The average molecular weight is 401 g/mol. The molecule has 1 aliphatic rings. The van der Waals surface area contributed by atoms with Gasteiger partial charge in [0.15, 0.2) is 0 Å². The van der Waals surface area contributed by atoms with Gasteiger partial charge < -0.3 is 0 Å². The van der Waals surface area contributed by atoms with Crippen molar-refractivity contribution in [2.75, 3.05) is 0 Å². The molecular weight excluding hydrogens is 392 g/mol. The minimum atomic E-state index is -3.96. The topological polar surface area (TPSA) is 63.2 Å². The third-order valence-corrected chi connectivity index (χ3v) is 6.18. The SMILES string of the molecule is C[C@@]1(Cl)C(=O)C(Cl)=C(Cl)C(NS(=O)(=O)c2ccccc2)=C1Cl. The summed E-state index contributed by atoms with van der Waals surface area (Å²) in [6, 6.07) is 7.58. The van der Waals surface area contributed by atoms with Gasteiger partial charge >= 0.3 is 0 Å². The van der Waals surface area contributed by atoms with Gasteiger partial charge in [0.05, 0.1) is 20.7 Å². The van der Waals surface area contributed by atoms with E-state index in [1.54, 1.807) is 18.2 Å². The summed E-state index contributed by atoms with van der Waals surface area (Å²) in [5.74, 6) is -0.700. The molecule has 0 saturated carbocycles. The lowest BCUT2D eigenvalue weighted by molar-refractivity contribution is -0.116. The summed E-state index contributed by atoms with van der Waals surface area (Å²) in [6.45, 7) is 1.31. The minimum Gasteiger partial charge on any atom is -0.291 e. The first-order chi connectivity index (χ1) is 10.1. The summed E-state index contributed by atoms with van der Waals surface area (Å²) in [5, 5.41) is -0.920. The fourth-order valence-electron chi connectivity index (χ4n) is 1.73. The number of hydrogen-bond donors (Lipinski definition) is 1. The Morgan fingerprint density at radius 2 is 1.59 bits per heavy atom. The Labute approximate surface area is 147 Å². The van der Waals surface area contributed by atoms with Crippen LogP contribution in [-0.2, 0) is 14.8 Å². The van der Waals surface area contributed by atoms with Gasteiger partial charge in [-0.3, -0.25) is 9.52 Å². The third kappa shape index (κ3) is 3.01. The predicted octanol–water partition coefficient (Wildman–Crippen LogP) is 3.68. The lowest BCUT2D eigenvalue weighted by Gasteiger charge is -2.28. The van der Waals surface area contributed by atoms with Gasteiger partial charge in [0.1, 0.15) is 9.91 Å². The van der Waals surface area contributed by atoms with Gasteiger partial charge in [-0.05, 0) is 19.1 Å². The van der Waals surface area contributed by atoms with Crippen LogP contribution in [0, 0.1) is 0 Å². The van der Waals surface area contributed by atoms with Gasteiger partial charge in [-0.25, -0.2) is 8.42 Å². The van der Waals surface area contributed by atoms with E-state index in [-0.39, 0.29) is 25.7 Å². The van der Waals surface area contributed by atoms with E-state index in [1.165, 1.54) is 19.1 Å². The van der Waals surface area contributed by atoms with E-state index in [4.69, 9.17) is 46.4 Å². The molecule has 9 heteroatoms. The molecule has 22 heavy (non-hydrogen) atoms. The summed E-state index contributed by atoms with van der Waals surface area (Å²) in [7, 11) is -3.96. The smallest absolute Gasteiger partial charge is 0.261 e. The molecule has 2 rings (SSSR count). The first kappa shape index (κ1) is 17.6. The second-order valence-electron chi connectivity index (χ2n) is 4.57. The van der Waals surface area contributed by atoms with Crippen molar-refractivity contribution < 1.29 is 13.2 Å². The molecule has 0 fully saturated rings. The van der Waals surface area contributed by atoms with Crippen molar-refractivity contribution in [2.45, 2.75) is 16.7 Å². The average Bonchev–Trinajstić information content (AvgIpc) is 2.49. The van der Waals surface area contributed by atoms with Crippen molar-refractivity contribution in [2.24, 2.45) is 0 Å². The number of nitrogens with one attached hydrogen (secondary N) is 1. The summed E-state index contributed by atoms with van der Waals surface area (Å²) in [6.07, 6.45) is 0. The van der Waals surface area contributed by atoms with Gasteiger partial charge in [0.25, 0.3) is 10.0 Å². The van der Waals surface area contributed by atoms with Crippen LogP contribution in [0.3, 0.4) is 0 Å². The van der Waals surface area contributed by atoms with E-state index in [0.717, 1.165) is 0 Å². The quantitative estimate of drug-likeness (QED) is 0.787. The lowest BCUT2D eigenvalue weighted by Crippen LogP contribution is -2.38. The van der Waals surface area contributed by atoms with Crippen molar-refractivity contribution in [1.29, 1.82) is 0 Å². The van der Waals surface area contributed by atoms with E-state index < -0.39 is 20.7 Å². The van der Waals surface area contributed by atoms with Crippen molar-refractivity contribution in [3.63, 3.8) is 0 Å². The van der Waals surface area contributed by atoms with Gasteiger partial charge in [0, 0.05) is 0 Å². The molecule has 0 bridgehead atoms. The number of carbonyl (C=O) groups excluding carboxylic acids is 1. The molecule has 0 saturated heterocycles.